The fourth-order valence-electron chi connectivity index (χ4n) is 1.50. The topological polar surface area (TPSA) is 32.7 Å². The summed E-state index contributed by atoms with van der Waals surface area (Å²) in [7, 11) is 15.7. The SMILES string of the molecule is CO.[B]C1CCC(COC)C1.[CH2-]N(C)C.[CH3-].[CH3-].[V+2].[W]. The third-order valence-corrected chi connectivity index (χ3v) is 1.98. The molecule has 0 aliphatic heterocycles. The Bertz CT molecular complexity index is 130. The first-order valence-electron chi connectivity index (χ1n) is 5.23. The number of hydrogen-bond acceptors (Lipinski definition) is 3. The molecule has 19 heavy (non-hydrogen) atoms. The molecule has 0 amide bonds. The van der Waals surface area contributed by atoms with Crippen molar-refractivity contribution in [2.45, 2.75) is 25.1 Å². The summed E-state index contributed by atoms with van der Waals surface area (Å²) < 4.78 is 5.02. The molecule has 1 aliphatic rings. The van der Waals surface area contributed by atoms with Crippen LogP contribution in [-0.2, 0) is 44.4 Å². The molecule has 2 unspecified atom stereocenters. The van der Waals surface area contributed by atoms with Gasteiger partial charge < -0.3 is 29.6 Å². The largest absolute Gasteiger partial charge is 2.00 e. The maximum absolute atomic E-state index is 7.00. The van der Waals surface area contributed by atoms with E-state index in [0.29, 0.717) is 5.82 Å². The van der Waals surface area contributed by atoms with Crippen LogP contribution in [0.2, 0.25) is 5.82 Å². The summed E-state index contributed by atoms with van der Waals surface area (Å²) in [4.78, 5) is 1.75. The molecule has 115 valence electrons. The molecular formula is C13H31BNO2VW-. The van der Waals surface area contributed by atoms with Gasteiger partial charge in [-0.3, -0.25) is 7.05 Å². The van der Waals surface area contributed by atoms with Gasteiger partial charge in [-0.15, -0.1) is 0 Å². The van der Waals surface area contributed by atoms with E-state index in [-0.39, 0.29) is 54.5 Å². The Morgan fingerprint density at radius 2 is 1.63 bits per heavy atom. The van der Waals surface area contributed by atoms with Crippen molar-refractivity contribution in [1.82, 2.24) is 4.90 Å². The molecule has 0 aromatic rings. The standard InChI is InChI=1S/C7H13BO.C3H8N.CH4O.2CH3.V.W/c1-9-5-6-2-3-7(8)4-6;1-4(2)3;1-2;;;;/h6-7H,2-5H2,1H3;1H2,2-3H3;2H,1H3;2*1H3;;/q;-1;;2*-1;+2;. The van der Waals surface area contributed by atoms with Crippen LogP contribution in [0.3, 0.4) is 0 Å². The summed E-state index contributed by atoms with van der Waals surface area (Å²) in [6.45, 7) is 0.897. The predicted molar refractivity (Wildman–Crippen MR) is 78.7 cm³/mol. The van der Waals surface area contributed by atoms with Crippen LogP contribution in [0.4, 0.5) is 0 Å². The number of aliphatic hydroxyl groups is 1. The van der Waals surface area contributed by atoms with Crippen molar-refractivity contribution in [3.63, 3.8) is 0 Å². The molecule has 3 nitrogen and oxygen atoms in total. The molecular weight excluding hydrogens is 448 g/mol. The zero-order valence-electron chi connectivity index (χ0n) is 13.4. The van der Waals surface area contributed by atoms with E-state index in [1.54, 1.807) is 12.0 Å². The summed E-state index contributed by atoms with van der Waals surface area (Å²) in [5.74, 6) is 1.19. The van der Waals surface area contributed by atoms with Gasteiger partial charge >= 0.3 is 18.6 Å². The number of nitrogens with zero attached hydrogens (tertiary/aromatic N) is 1. The van der Waals surface area contributed by atoms with Crippen LogP contribution >= 0.6 is 0 Å². The summed E-state index contributed by atoms with van der Waals surface area (Å²) in [6.07, 6.45) is 3.61. The van der Waals surface area contributed by atoms with Gasteiger partial charge in [0.2, 0.25) is 0 Å². The number of hydrogen-bond donors (Lipinski definition) is 1. The molecule has 1 rings (SSSR count). The zero-order valence-corrected chi connectivity index (χ0v) is 17.8. The van der Waals surface area contributed by atoms with Crippen LogP contribution in [0, 0.1) is 27.8 Å². The van der Waals surface area contributed by atoms with Crippen molar-refractivity contribution >= 4 is 7.85 Å². The smallest absolute Gasteiger partial charge is 0.464 e. The van der Waals surface area contributed by atoms with Gasteiger partial charge in [0.05, 0.1) is 7.85 Å². The first-order chi connectivity index (χ1) is 7.06. The summed E-state index contributed by atoms with van der Waals surface area (Å²) in [5, 5.41) is 7.00. The second-order valence-corrected chi connectivity index (χ2v) is 3.97. The van der Waals surface area contributed by atoms with E-state index in [0.717, 1.165) is 26.1 Å². The Kier molecular flexibility index (Phi) is 53.5. The molecule has 2 atom stereocenters. The van der Waals surface area contributed by atoms with Crippen LogP contribution in [0.5, 0.6) is 0 Å². The van der Waals surface area contributed by atoms with Crippen LogP contribution in [0.25, 0.3) is 0 Å². The van der Waals surface area contributed by atoms with E-state index >= 15 is 0 Å². The fraction of sp³-hybridized carbons (Fsp3) is 0.769. The molecule has 0 aromatic carbocycles. The summed E-state index contributed by atoms with van der Waals surface area (Å²) in [6, 6.07) is 0. The molecule has 0 aromatic heterocycles. The van der Waals surface area contributed by atoms with Crippen LogP contribution in [0.1, 0.15) is 19.3 Å². The van der Waals surface area contributed by atoms with Gasteiger partial charge in [-0.05, 0) is 26.4 Å². The average Bonchev–Trinajstić information content (AvgIpc) is 2.55. The first-order valence-corrected chi connectivity index (χ1v) is 5.23. The van der Waals surface area contributed by atoms with Crippen molar-refractivity contribution in [2.75, 3.05) is 34.9 Å². The van der Waals surface area contributed by atoms with Crippen LogP contribution < -0.4 is 0 Å². The fourth-order valence-corrected chi connectivity index (χ4v) is 1.50. The Hall–Kier alpha value is 1.22. The van der Waals surface area contributed by atoms with Gasteiger partial charge in [0, 0.05) is 41.9 Å². The van der Waals surface area contributed by atoms with Crippen LogP contribution in [0.15, 0.2) is 0 Å². The molecule has 3 radical (unpaired) electrons. The van der Waals surface area contributed by atoms with Gasteiger partial charge in [-0.25, -0.2) is 0 Å². The van der Waals surface area contributed by atoms with E-state index in [2.05, 4.69) is 7.05 Å². The molecule has 6 heteroatoms. The minimum atomic E-state index is 0. The van der Waals surface area contributed by atoms with Crippen molar-refractivity contribution < 1.29 is 49.5 Å². The second kappa shape index (κ2) is 27.5. The summed E-state index contributed by atoms with van der Waals surface area (Å²) >= 11 is 0. The minimum absolute atomic E-state index is 0. The molecule has 1 saturated carbocycles. The quantitative estimate of drug-likeness (QED) is 0.488. The second-order valence-electron chi connectivity index (χ2n) is 3.97. The maximum atomic E-state index is 7.00. The maximum Gasteiger partial charge on any atom is 2.00 e. The van der Waals surface area contributed by atoms with Crippen molar-refractivity contribution in [3.05, 3.63) is 21.9 Å². The van der Waals surface area contributed by atoms with Crippen LogP contribution in [-0.4, -0.2) is 52.8 Å². The number of rotatable bonds is 2. The van der Waals surface area contributed by atoms with Crippen molar-refractivity contribution in [3.8, 4) is 0 Å². The molecule has 1 aliphatic carbocycles. The van der Waals surface area contributed by atoms with Gasteiger partial charge in [-0.1, -0.05) is 18.7 Å². The molecule has 0 saturated heterocycles. The predicted octanol–water partition coefficient (Wildman–Crippen LogP) is 2.23. The monoisotopic (exact) mass is 479 g/mol. The van der Waals surface area contributed by atoms with Gasteiger partial charge in [-0.2, -0.15) is 0 Å². The normalized spacial score (nSPS) is 18.9. The van der Waals surface area contributed by atoms with E-state index in [9.17, 15) is 0 Å². The average molecular weight is 479 g/mol. The third kappa shape index (κ3) is 32.6. The Balaban J connectivity index is -0.0000000377. The Labute approximate surface area is 149 Å². The number of ether oxygens (including phenoxy) is 1. The molecule has 1 N–H and O–H groups in total. The zero-order chi connectivity index (χ0) is 12.3. The third-order valence-electron chi connectivity index (χ3n) is 1.98. The van der Waals surface area contributed by atoms with E-state index in [4.69, 9.17) is 17.7 Å². The Morgan fingerprint density at radius 1 is 1.26 bits per heavy atom. The molecule has 0 heterocycles. The van der Waals surface area contributed by atoms with E-state index < -0.39 is 0 Å². The molecule has 0 bridgehead atoms. The van der Waals surface area contributed by atoms with Gasteiger partial charge in [0.25, 0.3) is 0 Å². The Morgan fingerprint density at radius 3 is 1.84 bits per heavy atom. The van der Waals surface area contributed by atoms with E-state index in [1.807, 2.05) is 14.1 Å². The number of aliphatic hydroxyl groups excluding tert-OH is 1. The number of methoxy groups -OCH3 is 1. The molecule has 1 fully saturated rings. The first kappa shape index (κ1) is 36.9. The molecule has 0 spiro atoms. The summed E-state index contributed by atoms with van der Waals surface area (Å²) in [5.41, 5.74) is 0. The van der Waals surface area contributed by atoms with Gasteiger partial charge in [0.15, 0.2) is 0 Å². The van der Waals surface area contributed by atoms with Crippen molar-refractivity contribution in [2.24, 2.45) is 5.92 Å². The van der Waals surface area contributed by atoms with Gasteiger partial charge in [0.1, 0.15) is 0 Å². The van der Waals surface area contributed by atoms with Crippen molar-refractivity contribution in [1.29, 1.82) is 0 Å². The minimum Gasteiger partial charge on any atom is -0.464 e. The van der Waals surface area contributed by atoms with E-state index in [1.165, 1.54) is 12.8 Å².